The standard InChI is InChI=1S/C19H29N3O3/c1-15-4-3-5-18(12-15)25-14-17(23)13-21-8-6-16(7-9-21)22-11-10-20(2)19(22)24/h3-5,12,16-17,23H,6-11,13-14H2,1-2H3/t17-/m0/s1. The van der Waals surface area contributed by atoms with Crippen molar-refractivity contribution in [3.8, 4) is 5.75 Å². The monoisotopic (exact) mass is 347 g/mol. The van der Waals surface area contributed by atoms with Crippen LogP contribution >= 0.6 is 0 Å². The summed E-state index contributed by atoms with van der Waals surface area (Å²) in [5, 5.41) is 10.2. The van der Waals surface area contributed by atoms with Gasteiger partial charge in [-0.25, -0.2) is 4.79 Å². The Bertz CT molecular complexity index is 587. The summed E-state index contributed by atoms with van der Waals surface area (Å²) in [6, 6.07) is 8.37. The fraction of sp³-hybridized carbons (Fsp3) is 0.632. The molecule has 2 aliphatic heterocycles. The highest BCUT2D eigenvalue weighted by Gasteiger charge is 2.33. The third-order valence-electron chi connectivity index (χ3n) is 5.15. The van der Waals surface area contributed by atoms with Gasteiger partial charge in [0.25, 0.3) is 0 Å². The van der Waals surface area contributed by atoms with E-state index in [0.717, 1.165) is 50.3 Å². The number of aryl methyl sites for hydroxylation is 1. The molecular formula is C19H29N3O3. The van der Waals surface area contributed by atoms with Crippen molar-refractivity contribution in [2.24, 2.45) is 0 Å². The fourth-order valence-corrected chi connectivity index (χ4v) is 3.67. The van der Waals surface area contributed by atoms with Gasteiger partial charge in [0.2, 0.25) is 0 Å². The van der Waals surface area contributed by atoms with Crippen LogP contribution in [0.15, 0.2) is 24.3 Å². The van der Waals surface area contributed by atoms with Crippen LogP contribution in [-0.4, -0.2) is 84.4 Å². The molecule has 6 heteroatoms. The molecule has 25 heavy (non-hydrogen) atoms. The first-order valence-electron chi connectivity index (χ1n) is 9.14. The lowest BCUT2D eigenvalue weighted by Gasteiger charge is -2.37. The number of likely N-dealkylation sites (N-methyl/N-ethyl adjacent to an activating group) is 1. The van der Waals surface area contributed by atoms with Gasteiger partial charge >= 0.3 is 6.03 Å². The van der Waals surface area contributed by atoms with Crippen molar-refractivity contribution in [2.75, 3.05) is 46.4 Å². The van der Waals surface area contributed by atoms with Gasteiger partial charge < -0.3 is 24.5 Å². The van der Waals surface area contributed by atoms with Gasteiger partial charge in [0.05, 0.1) is 0 Å². The van der Waals surface area contributed by atoms with E-state index >= 15 is 0 Å². The smallest absolute Gasteiger partial charge is 0.320 e. The summed E-state index contributed by atoms with van der Waals surface area (Å²) in [6.07, 6.45) is 1.45. The van der Waals surface area contributed by atoms with Crippen molar-refractivity contribution in [3.63, 3.8) is 0 Å². The van der Waals surface area contributed by atoms with E-state index in [1.165, 1.54) is 0 Å². The van der Waals surface area contributed by atoms with Crippen molar-refractivity contribution in [1.82, 2.24) is 14.7 Å². The van der Waals surface area contributed by atoms with Crippen LogP contribution in [0.5, 0.6) is 5.75 Å². The van der Waals surface area contributed by atoms with Crippen molar-refractivity contribution in [3.05, 3.63) is 29.8 Å². The maximum atomic E-state index is 12.1. The third kappa shape index (κ3) is 4.64. The van der Waals surface area contributed by atoms with Crippen LogP contribution in [-0.2, 0) is 0 Å². The van der Waals surface area contributed by atoms with Gasteiger partial charge in [0.1, 0.15) is 18.5 Å². The Morgan fingerprint density at radius 3 is 2.64 bits per heavy atom. The summed E-state index contributed by atoms with van der Waals surface area (Å²) in [6.45, 7) is 6.45. The number of aliphatic hydroxyl groups is 1. The van der Waals surface area contributed by atoms with E-state index in [-0.39, 0.29) is 6.03 Å². The third-order valence-corrected chi connectivity index (χ3v) is 5.15. The molecule has 6 nitrogen and oxygen atoms in total. The number of urea groups is 1. The average Bonchev–Trinajstić information content (AvgIpc) is 2.93. The van der Waals surface area contributed by atoms with Gasteiger partial charge in [-0.2, -0.15) is 0 Å². The van der Waals surface area contributed by atoms with Crippen LogP contribution in [0.3, 0.4) is 0 Å². The van der Waals surface area contributed by atoms with Gasteiger partial charge in [-0.1, -0.05) is 12.1 Å². The number of benzene rings is 1. The molecule has 0 saturated carbocycles. The number of ether oxygens (including phenoxy) is 1. The molecular weight excluding hydrogens is 318 g/mol. The van der Waals surface area contributed by atoms with Crippen LogP contribution in [0.4, 0.5) is 4.79 Å². The number of carbonyl (C=O) groups excluding carboxylic acids is 1. The fourth-order valence-electron chi connectivity index (χ4n) is 3.67. The summed E-state index contributed by atoms with van der Waals surface area (Å²) in [5.41, 5.74) is 1.15. The van der Waals surface area contributed by atoms with Crippen LogP contribution in [0.2, 0.25) is 0 Å². The SMILES string of the molecule is Cc1cccc(OC[C@@H](O)CN2CCC(N3CCN(C)C3=O)CC2)c1. The molecule has 2 fully saturated rings. The minimum absolute atomic E-state index is 0.157. The first-order valence-corrected chi connectivity index (χ1v) is 9.14. The van der Waals surface area contributed by atoms with Gasteiger partial charge in [0.15, 0.2) is 0 Å². The molecule has 0 radical (unpaired) electrons. The zero-order chi connectivity index (χ0) is 17.8. The molecule has 1 aromatic carbocycles. The molecule has 1 atom stereocenters. The van der Waals surface area contributed by atoms with Crippen molar-refractivity contribution in [2.45, 2.75) is 31.9 Å². The zero-order valence-electron chi connectivity index (χ0n) is 15.2. The number of hydrogen-bond donors (Lipinski definition) is 1. The topological polar surface area (TPSA) is 56.3 Å². The van der Waals surface area contributed by atoms with Crippen LogP contribution < -0.4 is 4.74 Å². The van der Waals surface area contributed by atoms with E-state index in [2.05, 4.69) is 4.90 Å². The predicted octanol–water partition coefficient (Wildman–Crippen LogP) is 1.57. The van der Waals surface area contributed by atoms with Gasteiger partial charge in [-0.05, 0) is 37.5 Å². The molecule has 0 spiro atoms. The second-order valence-electron chi connectivity index (χ2n) is 7.21. The van der Waals surface area contributed by atoms with E-state index in [1.807, 2.05) is 43.1 Å². The predicted molar refractivity (Wildman–Crippen MR) is 96.9 cm³/mol. The molecule has 0 aromatic heterocycles. The van der Waals surface area contributed by atoms with E-state index in [4.69, 9.17) is 4.74 Å². The van der Waals surface area contributed by atoms with E-state index in [1.54, 1.807) is 4.90 Å². The Kier molecular flexibility index (Phi) is 5.81. The summed E-state index contributed by atoms with van der Waals surface area (Å²) in [4.78, 5) is 18.2. The number of rotatable bonds is 6. The Balaban J connectivity index is 1.39. The second kappa shape index (κ2) is 8.06. The molecule has 0 aliphatic carbocycles. The maximum Gasteiger partial charge on any atom is 0.320 e. The van der Waals surface area contributed by atoms with Crippen molar-refractivity contribution >= 4 is 6.03 Å². The lowest BCUT2D eigenvalue weighted by molar-refractivity contribution is 0.0505. The quantitative estimate of drug-likeness (QED) is 0.849. The molecule has 1 aromatic rings. The number of aliphatic hydroxyl groups excluding tert-OH is 1. The highest BCUT2D eigenvalue weighted by molar-refractivity contribution is 5.76. The minimum atomic E-state index is -0.503. The van der Waals surface area contributed by atoms with Crippen molar-refractivity contribution in [1.29, 1.82) is 0 Å². The van der Waals surface area contributed by atoms with Crippen LogP contribution in [0.25, 0.3) is 0 Å². The van der Waals surface area contributed by atoms with Crippen LogP contribution in [0.1, 0.15) is 18.4 Å². The molecule has 2 saturated heterocycles. The van der Waals surface area contributed by atoms with Gasteiger partial charge in [-0.3, -0.25) is 0 Å². The summed E-state index contributed by atoms with van der Waals surface area (Å²) in [5.74, 6) is 0.800. The number of piperidine rings is 1. The van der Waals surface area contributed by atoms with E-state index in [9.17, 15) is 9.90 Å². The maximum absolute atomic E-state index is 12.1. The molecule has 138 valence electrons. The molecule has 1 N–H and O–H groups in total. The summed E-state index contributed by atoms with van der Waals surface area (Å²) < 4.78 is 5.68. The number of nitrogens with zero attached hydrogens (tertiary/aromatic N) is 3. The van der Waals surface area contributed by atoms with Crippen LogP contribution in [0, 0.1) is 6.92 Å². The number of β-amino-alcohol motifs (C(OH)–C–C–N with tert-alkyl or cyclic N) is 1. The first-order chi connectivity index (χ1) is 12.0. The molecule has 0 bridgehead atoms. The molecule has 3 rings (SSSR count). The van der Waals surface area contributed by atoms with E-state index in [0.29, 0.717) is 19.2 Å². The number of carbonyl (C=O) groups is 1. The first kappa shape index (κ1) is 18.0. The Morgan fingerprint density at radius 1 is 1.24 bits per heavy atom. The largest absolute Gasteiger partial charge is 0.491 e. The summed E-state index contributed by atoms with van der Waals surface area (Å²) in [7, 11) is 1.86. The molecule has 2 amide bonds. The lowest BCUT2D eigenvalue weighted by Crippen LogP contribution is -2.48. The van der Waals surface area contributed by atoms with E-state index < -0.39 is 6.10 Å². The Labute approximate surface area is 150 Å². The molecule has 2 aliphatic rings. The zero-order valence-corrected chi connectivity index (χ0v) is 15.2. The number of hydrogen-bond acceptors (Lipinski definition) is 4. The second-order valence-corrected chi connectivity index (χ2v) is 7.21. The highest BCUT2D eigenvalue weighted by atomic mass is 16.5. The molecule has 2 heterocycles. The minimum Gasteiger partial charge on any atom is -0.491 e. The lowest BCUT2D eigenvalue weighted by atomic mass is 10.0. The Morgan fingerprint density at radius 2 is 2.00 bits per heavy atom. The Hall–Kier alpha value is -1.79. The summed E-state index contributed by atoms with van der Waals surface area (Å²) >= 11 is 0. The highest BCUT2D eigenvalue weighted by Crippen LogP contribution is 2.21. The number of likely N-dealkylation sites (tertiary alicyclic amines) is 1. The number of amides is 2. The van der Waals surface area contributed by atoms with Gasteiger partial charge in [0, 0.05) is 45.8 Å². The normalized spacial score (nSPS) is 21.0. The average molecular weight is 347 g/mol. The van der Waals surface area contributed by atoms with Crippen molar-refractivity contribution < 1.29 is 14.6 Å². The molecule has 0 unspecified atom stereocenters. The van der Waals surface area contributed by atoms with Gasteiger partial charge in [-0.15, -0.1) is 0 Å².